The Kier molecular flexibility index (Phi) is 15.3. The number of aliphatic carboxylic acids is 1. The van der Waals surface area contributed by atoms with Crippen molar-refractivity contribution in [1.82, 2.24) is 0 Å². The Hall–Kier alpha value is -2.94. The number of esters is 3. The van der Waals surface area contributed by atoms with Crippen LogP contribution in [0.3, 0.4) is 0 Å². The molecule has 1 rings (SSSR count). The second-order valence-corrected chi connectivity index (χ2v) is 10.2. The molecule has 0 saturated carbocycles. The lowest BCUT2D eigenvalue weighted by Crippen LogP contribution is -2.40. The summed E-state index contributed by atoms with van der Waals surface area (Å²) in [5.41, 5.74) is 6.53. The lowest BCUT2D eigenvalue weighted by molar-refractivity contribution is -0.146. The summed E-state index contributed by atoms with van der Waals surface area (Å²) in [5.74, 6) is -3.52. The van der Waals surface area contributed by atoms with Crippen LogP contribution < -0.4 is 15.2 Å². The Bertz CT molecular complexity index is 914. The van der Waals surface area contributed by atoms with E-state index in [9.17, 15) is 24.3 Å². The fourth-order valence-electron chi connectivity index (χ4n) is 4.05. The minimum absolute atomic E-state index is 0.0273. The van der Waals surface area contributed by atoms with Crippen molar-refractivity contribution in [1.29, 1.82) is 0 Å². The lowest BCUT2D eigenvalue weighted by Gasteiger charge is -2.28. The first kappa shape index (κ1) is 33.1. The molecule has 0 heterocycles. The second-order valence-electron chi connectivity index (χ2n) is 10.2. The zero-order valence-corrected chi connectivity index (χ0v) is 23.5. The number of nitrogens with two attached hydrogens (primary N) is 1. The fraction of sp³-hybridized carbons (Fsp3) is 0.655. The maximum Gasteiger partial charge on any atom is 0.321 e. The Morgan fingerprint density at radius 3 is 1.89 bits per heavy atom. The van der Waals surface area contributed by atoms with Gasteiger partial charge in [0.25, 0.3) is 0 Å². The van der Waals surface area contributed by atoms with Gasteiger partial charge in [-0.2, -0.15) is 0 Å². The topological polar surface area (TPSA) is 142 Å². The van der Waals surface area contributed by atoms with Crippen molar-refractivity contribution < 1.29 is 38.5 Å². The Morgan fingerprint density at radius 2 is 1.39 bits per heavy atom. The van der Waals surface area contributed by atoms with Gasteiger partial charge in [-0.15, -0.1) is 0 Å². The van der Waals surface area contributed by atoms with Crippen molar-refractivity contribution in [2.45, 2.75) is 104 Å². The zero-order chi connectivity index (χ0) is 28.7. The third kappa shape index (κ3) is 12.1. The van der Waals surface area contributed by atoms with Gasteiger partial charge in [0, 0.05) is 25.2 Å². The average Bonchev–Trinajstić information content (AvgIpc) is 2.84. The summed E-state index contributed by atoms with van der Waals surface area (Å²) in [6, 6.07) is 3.26. The van der Waals surface area contributed by atoms with E-state index >= 15 is 0 Å². The van der Waals surface area contributed by atoms with Gasteiger partial charge >= 0.3 is 23.9 Å². The molecule has 1 aromatic rings. The molecular formula is C29H45NO8. The largest absolute Gasteiger partial charge is 0.480 e. The van der Waals surface area contributed by atoms with Gasteiger partial charge < -0.3 is 25.1 Å². The number of hydrogen-bond acceptors (Lipinski definition) is 8. The highest BCUT2D eigenvalue weighted by Crippen LogP contribution is 2.36. The van der Waals surface area contributed by atoms with E-state index in [2.05, 4.69) is 0 Å². The van der Waals surface area contributed by atoms with E-state index in [0.717, 1.165) is 25.7 Å². The van der Waals surface area contributed by atoms with Crippen LogP contribution >= 0.6 is 0 Å². The van der Waals surface area contributed by atoms with Crippen LogP contribution in [0.25, 0.3) is 0 Å². The Morgan fingerprint density at radius 1 is 0.842 bits per heavy atom. The maximum absolute atomic E-state index is 12.5. The van der Waals surface area contributed by atoms with Crippen molar-refractivity contribution in [3.63, 3.8) is 0 Å². The monoisotopic (exact) mass is 535 g/mol. The maximum atomic E-state index is 12.5. The lowest BCUT2D eigenvalue weighted by atomic mass is 9.82. The standard InChI is InChI=1S/C29H45NO8/c1-6-8-10-12-24(31)37-22-15-14-21(17-23(22)38-25(32)13-11-9-7-2)27(28(30)29(34)35)20(5)18-36-26(33)16-19(3)4/h14-15,17,19-20,27-28H,6-13,16,18,30H2,1-5H3,(H,34,35)/t20?,27?,28-/m0/s1. The summed E-state index contributed by atoms with van der Waals surface area (Å²) in [6.45, 7) is 9.57. The summed E-state index contributed by atoms with van der Waals surface area (Å²) in [6.07, 6.45) is 5.68. The molecule has 0 bridgehead atoms. The van der Waals surface area contributed by atoms with Crippen LogP contribution in [0.5, 0.6) is 11.5 Å². The van der Waals surface area contributed by atoms with Crippen LogP contribution in [0, 0.1) is 11.8 Å². The molecule has 9 heteroatoms. The molecule has 0 amide bonds. The van der Waals surface area contributed by atoms with Gasteiger partial charge in [-0.25, -0.2) is 0 Å². The number of hydrogen-bond donors (Lipinski definition) is 2. The van der Waals surface area contributed by atoms with Crippen molar-refractivity contribution in [3.8, 4) is 11.5 Å². The van der Waals surface area contributed by atoms with Gasteiger partial charge in [0.15, 0.2) is 11.5 Å². The van der Waals surface area contributed by atoms with E-state index in [1.54, 1.807) is 13.0 Å². The average molecular weight is 536 g/mol. The molecule has 1 aromatic carbocycles. The van der Waals surface area contributed by atoms with E-state index in [1.807, 2.05) is 27.7 Å². The number of carboxylic acid groups (broad SMARTS) is 1. The Balaban J connectivity index is 3.27. The number of carbonyl (C=O) groups excluding carboxylic acids is 3. The SMILES string of the molecule is CCCCCC(=O)Oc1ccc(C(C(C)COC(=O)CC(C)C)[C@H](N)C(=O)O)cc1OC(=O)CCCCC. The van der Waals surface area contributed by atoms with Gasteiger partial charge in [-0.3, -0.25) is 19.2 Å². The summed E-state index contributed by atoms with van der Waals surface area (Å²) >= 11 is 0. The minimum atomic E-state index is -1.32. The van der Waals surface area contributed by atoms with Crippen molar-refractivity contribution in [2.24, 2.45) is 17.6 Å². The van der Waals surface area contributed by atoms with Gasteiger partial charge in [-0.1, -0.05) is 66.4 Å². The minimum Gasteiger partial charge on any atom is -0.480 e. The van der Waals surface area contributed by atoms with Crippen molar-refractivity contribution in [3.05, 3.63) is 23.8 Å². The number of ether oxygens (including phenoxy) is 3. The molecule has 214 valence electrons. The number of benzene rings is 1. The van der Waals surface area contributed by atoms with Gasteiger partial charge in [0.1, 0.15) is 6.04 Å². The van der Waals surface area contributed by atoms with Crippen molar-refractivity contribution in [2.75, 3.05) is 6.61 Å². The molecule has 0 radical (unpaired) electrons. The van der Waals surface area contributed by atoms with E-state index < -0.39 is 35.8 Å². The van der Waals surface area contributed by atoms with Gasteiger partial charge in [0.05, 0.1) is 6.61 Å². The predicted octanol–water partition coefficient (Wildman–Crippen LogP) is 5.38. The highest BCUT2D eigenvalue weighted by molar-refractivity contribution is 5.77. The van der Waals surface area contributed by atoms with Gasteiger partial charge in [0.2, 0.25) is 0 Å². The molecular weight excluding hydrogens is 490 g/mol. The van der Waals surface area contributed by atoms with Crippen LogP contribution in [0.15, 0.2) is 18.2 Å². The molecule has 0 aliphatic rings. The molecule has 0 spiro atoms. The summed E-state index contributed by atoms with van der Waals surface area (Å²) < 4.78 is 16.5. The van der Waals surface area contributed by atoms with Crippen LogP contribution in [0.1, 0.15) is 104 Å². The van der Waals surface area contributed by atoms with Crippen LogP contribution in [0.4, 0.5) is 0 Å². The van der Waals surface area contributed by atoms with Crippen molar-refractivity contribution >= 4 is 23.9 Å². The second kappa shape index (κ2) is 17.5. The molecule has 0 aliphatic carbocycles. The number of carbonyl (C=O) groups is 4. The molecule has 0 aromatic heterocycles. The summed E-state index contributed by atoms with van der Waals surface area (Å²) in [4.78, 5) is 48.8. The van der Waals surface area contributed by atoms with E-state index in [0.29, 0.717) is 18.4 Å². The van der Waals surface area contributed by atoms with Gasteiger partial charge in [-0.05, 0) is 42.4 Å². The predicted molar refractivity (Wildman–Crippen MR) is 144 cm³/mol. The summed E-state index contributed by atoms with van der Waals surface area (Å²) in [7, 11) is 0. The number of carboxylic acids is 1. The van der Waals surface area contributed by atoms with E-state index in [1.165, 1.54) is 12.1 Å². The molecule has 38 heavy (non-hydrogen) atoms. The smallest absolute Gasteiger partial charge is 0.321 e. The van der Waals surface area contributed by atoms with Crippen LogP contribution in [-0.2, 0) is 23.9 Å². The third-order valence-electron chi connectivity index (χ3n) is 6.14. The highest BCUT2D eigenvalue weighted by atomic mass is 16.6. The number of unbranched alkanes of at least 4 members (excludes halogenated alkanes) is 4. The first-order chi connectivity index (χ1) is 18.0. The number of rotatable bonds is 18. The highest BCUT2D eigenvalue weighted by Gasteiger charge is 2.32. The molecule has 0 fully saturated rings. The van der Waals surface area contributed by atoms with Crippen LogP contribution in [0.2, 0.25) is 0 Å². The molecule has 2 unspecified atom stereocenters. The molecule has 9 nitrogen and oxygen atoms in total. The first-order valence-electron chi connectivity index (χ1n) is 13.7. The third-order valence-corrected chi connectivity index (χ3v) is 6.14. The van der Waals surface area contributed by atoms with Crippen LogP contribution in [-0.4, -0.2) is 41.6 Å². The van der Waals surface area contributed by atoms with E-state index in [4.69, 9.17) is 19.9 Å². The molecule has 3 atom stereocenters. The first-order valence-corrected chi connectivity index (χ1v) is 13.7. The zero-order valence-electron chi connectivity index (χ0n) is 23.5. The molecule has 0 aliphatic heterocycles. The molecule has 3 N–H and O–H groups in total. The quantitative estimate of drug-likeness (QED) is 0.144. The normalized spacial score (nSPS) is 13.4. The van der Waals surface area contributed by atoms with E-state index in [-0.39, 0.29) is 49.3 Å². The Labute approximate surface area is 226 Å². The summed E-state index contributed by atoms with van der Waals surface area (Å²) in [5, 5.41) is 9.68. The fourth-order valence-corrected chi connectivity index (χ4v) is 4.05. The molecule has 0 saturated heterocycles.